The fraction of sp³-hybridized carbons (Fsp3) is 0.292. The third kappa shape index (κ3) is 4.49. The van der Waals surface area contributed by atoms with E-state index >= 15 is 4.39 Å². The third-order valence-electron chi connectivity index (χ3n) is 5.95. The van der Waals surface area contributed by atoms with Gasteiger partial charge in [-0.3, -0.25) is 9.59 Å². The fourth-order valence-electron chi connectivity index (χ4n) is 4.09. The number of carbonyl (C=O) groups is 2. The zero-order valence-electron chi connectivity index (χ0n) is 18.6. The van der Waals surface area contributed by atoms with Crippen molar-refractivity contribution in [3.8, 4) is 11.3 Å². The van der Waals surface area contributed by atoms with Crippen molar-refractivity contribution in [2.24, 2.45) is 5.73 Å². The molecule has 1 saturated heterocycles. The van der Waals surface area contributed by atoms with Gasteiger partial charge >= 0.3 is 0 Å². The van der Waals surface area contributed by atoms with Crippen molar-refractivity contribution in [1.82, 2.24) is 15.1 Å². The number of ether oxygens (including phenoxy) is 1. The summed E-state index contributed by atoms with van der Waals surface area (Å²) in [5.74, 6) is -2.87. The van der Waals surface area contributed by atoms with Gasteiger partial charge in [-0.05, 0) is 43.5 Å². The predicted molar refractivity (Wildman–Crippen MR) is 122 cm³/mol. The van der Waals surface area contributed by atoms with E-state index in [4.69, 9.17) is 16.2 Å². The molecule has 0 spiro atoms. The number of aryl methyl sites for hydroxylation is 1. The normalized spacial score (nSPS) is 14.2. The molecule has 1 aliphatic rings. The molecule has 8 nitrogen and oxygen atoms in total. The van der Waals surface area contributed by atoms with Gasteiger partial charge in [-0.1, -0.05) is 18.2 Å². The van der Waals surface area contributed by atoms with Crippen molar-refractivity contribution in [2.45, 2.75) is 32.4 Å². The second kappa shape index (κ2) is 9.60. The van der Waals surface area contributed by atoms with Gasteiger partial charge in [-0.25, -0.2) is 13.5 Å². The van der Waals surface area contributed by atoms with Crippen LogP contribution in [0.1, 0.15) is 50.7 Å². The van der Waals surface area contributed by atoms with Gasteiger partial charge in [-0.15, -0.1) is 0 Å². The summed E-state index contributed by atoms with van der Waals surface area (Å²) in [6.07, 6.45) is 1.22. The number of hydrogen-bond donors (Lipinski definition) is 3. The number of nitrogens with zero attached hydrogens (tertiary/aromatic N) is 2. The number of hydrogen-bond acceptors (Lipinski definition) is 5. The SMILES string of the molecule is Cc1ccccc1C(=O)NCc1cc(F)c(-c2nn(C3CCOCC3)c(N)c2C(N)=O)cc1F. The van der Waals surface area contributed by atoms with E-state index in [2.05, 4.69) is 10.4 Å². The number of aromatic nitrogens is 2. The Morgan fingerprint density at radius 1 is 1.18 bits per heavy atom. The number of benzene rings is 2. The van der Waals surface area contributed by atoms with Crippen LogP contribution < -0.4 is 16.8 Å². The summed E-state index contributed by atoms with van der Waals surface area (Å²) in [5.41, 5.74) is 12.3. The number of nitrogens with two attached hydrogens (primary N) is 2. The van der Waals surface area contributed by atoms with Crippen molar-refractivity contribution in [2.75, 3.05) is 18.9 Å². The zero-order valence-corrected chi connectivity index (χ0v) is 18.6. The monoisotopic (exact) mass is 469 g/mol. The van der Waals surface area contributed by atoms with Crippen LogP contribution in [0.5, 0.6) is 0 Å². The molecular formula is C24H25F2N5O3. The molecule has 2 aromatic carbocycles. The van der Waals surface area contributed by atoms with Crippen molar-refractivity contribution < 1.29 is 23.1 Å². The van der Waals surface area contributed by atoms with Crippen LogP contribution in [0.15, 0.2) is 36.4 Å². The summed E-state index contributed by atoms with van der Waals surface area (Å²) in [6, 6.07) is 8.71. The molecule has 0 saturated carbocycles. The maximum Gasteiger partial charge on any atom is 0.254 e. The van der Waals surface area contributed by atoms with Crippen LogP contribution in [0.3, 0.4) is 0 Å². The Kier molecular flexibility index (Phi) is 6.60. The maximum atomic E-state index is 15.1. The van der Waals surface area contributed by atoms with Crippen LogP contribution >= 0.6 is 0 Å². The standard InChI is InChI=1S/C24H25F2N5O3/c1-13-4-2-3-5-16(13)24(33)29-12-14-10-19(26)17(11-18(14)25)21-20(23(28)32)22(27)31(30-21)15-6-8-34-9-7-15/h2-5,10-11,15H,6-9,12,27H2,1H3,(H2,28,32)(H,29,33). The number of halogens is 2. The molecule has 5 N–H and O–H groups in total. The van der Waals surface area contributed by atoms with Gasteiger partial charge in [0, 0.05) is 36.4 Å². The summed E-state index contributed by atoms with van der Waals surface area (Å²) >= 11 is 0. The van der Waals surface area contributed by atoms with Gasteiger partial charge in [0.2, 0.25) is 0 Å². The summed E-state index contributed by atoms with van der Waals surface area (Å²) in [7, 11) is 0. The molecule has 0 bridgehead atoms. The van der Waals surface area contributed by atoms with E-state index in [0.717, 1.165) is 17.7 Å². The minimum Gasteiger partial charge on any atom is -0.383 e. The topological polar surface area (TPSA) is 125 Å². The Morgan fingerprint density at radius 2 is 1.88 bits per heavy atom. The van der Waals surface area contributed by atoms with E-state index in [9.17, 15) is 14.0 Å². The molecule has 10 heteroatoms. The maximum absolute atomic E-state index is 15.1. The first-order valence-electron chi connectivity index (χ1n) is 10.9. The average Bonchev–Trinajstić information content (AvgIpc) is 3.17. The van der Waals surface area contributed by atoms with E-state index in [0.29, 0.717) is 31.6 Å². The molecule has 2 heterocycles. The molecule has 1 aromatic heterocycles. The Hall–Kier alpha value is -3.79. The van der Waals surface area contributed by atoms with E-state index in [1.54, 1.807) is 31.2 Å². The summed E-state index contributed by atoms with van der Waals surface area (Å²) < 4.78 is 36.8. The Labute approximate surface area is 194 Å². The number of amides is 2. The lowest BCUT2D eigenvalue weighted by Crippen LogP contribution is -2.24. The largest absolute Gasteiger partial charge is 0.383 e. The number of nitrogen functional groups attached to an aromatic ring is 1. The van der Waals surface area contributed by atoms with Crippen molar-refractivity contribution >= 4 is 17.6 Å². The van der Waals surface area contributed by atoms with Gasteiger partial charge in [0.05, 0.1) is 6.04 Å². The minimum absolute atomic E-state index is 0.00350. The molecule has 0 radical (unpaired) electrons. The van der Waals surface area contributed by atoms with Crippen LogP contribution in [-0.4, -0.2) is 34.8 Å². The smallest absolute Gasteiger partial charge is 0.254 e. The fourth-order valence-corrected chi connectivity index (χ4v) is 4.09. The second-order valence-electron chi connectivity index (χ2n) is 8.18. The Bertz CT molecular complexity index is 1250. The van der Waals surface area contributed by atoms with Gasteiger partial charge in [-0.2, -0.15) is 5.10 Å². The number of anilines is 1. The van der Waals surface area contributed by atoms with Gasteiger partial charge < -0.3 is 21.5 Å². The zero-order chi connectivity index (χ0) is 24.4. The first-order chi connectivity index (χ1) is 16.3. The molecule has 3 aromatic rings. The first kappa shape index (κ1) is 23.4. The van der Waals surface area contributed by atoms with Crippen molar-refractivity contribution in [3.63, 3.8) is 0 Å². The highest BCUT2D eigenvalue weighted by atomic mass is 19.1. The average molecular weight is 469 g/mol. The molecule has 34 heavy (non-hydrogen) atoms. The lowest BCUT2D eigenvalue weighted by atomic mass is 10.0. The molecular weight excluding hydrogens is 444 g/mol. The summed E-state index contributed by atoms with van der Waals surface area (Å²) in [5, 5.41) is 6.94. The van der Waals surface area contributed by atoms with Crippen LogP contribution in [-0.2, 0) is 11.3 Å². The summed E-state index contributed by atoms with van der Waals surface area (Å²) in [6.45, 7) is 2.55. The van der Waals surface area contributed by atoms with Crippen LogP contribution in [0.4, 0.5) is 14.6 Å². The lowest BCUT2D eigenvalue weighted by Gasteiger charge is -2.23. The highest BCUT2D eigenvalue weighted by molar-refractivity contribution is 6.03. The van der Waals surface area contributed by atoms with Gasteiger partial charge in [0.15, 0.2) is 0 Å². The van der Waals surface area contributed by atoms with E-state index in [1.165, 1.54) is 4.68 Å². The van der Waals surface area contributed by atoms with Crippen molar-refractivity contribution in [1.29, 1.82) is 0 Å². The molecule has 0 atom stereocenters. The number of nitrogens with one attached hydrogen (secondary N) is 1. The molecule has 0 aliphatic carbocycles. The van der Waals surface area contributed by atoms with Crippen LogP contribution in [0.2, 0.25) is 0 Å². The molecule has 178 valence electrons. The second-order valence-corrected chi connectivity index (χ2v) is 8.18. The molecule has 0 unspecified atom stereocenters. The quantitative estimate of drug-likeness (QED) is 0.512. The van der Waals surface area contributed by atoms with Crippen LogP contribution in [0, 0.1) is 18.6 Å². The van der Waals surface area contributed by atoms with E-state index in [-0.39, 0.29) is 40.8 Å². The first-order valence-corrected chi connectivity index (χ1v) is 10.9. The van der Waals surface area contributed by atoms with Crippen molar-refractivity contribution in [3.05, 3.63) is 70.3 Å². The summed E-state index contributed by atoms with van der Waals surface area (Å²) in [4.78, 5) is 24.5. The van der Waals surface area contributed by atoms with E-state index < -0.39 is 23.4 Å². The molecule has 2 amide bonds. The lowest BCUT2D eigenvalue weighted by molar-refractivity contribution is 0.0669. The Balaban J connectivity index is 1.63. The third-order valence-corrected chi connectivity index (χ3v) is 5.95. The van der Waals surface area contributed by atoms with E-state index in [1.807, 2.05) is 0 Å². The highest BCUT2D eigenvalue weighted by Crippen LogP contribution is 2.34. The van der Waals surface area contributed by atoms with Gasteiger partial charge in [0.1, 0.15) is 28.7 Å². The number of primary amides is 1. The molecule has 1 fully saturated rings. The Morgan fingerprint density at radius 3 is 2.56 bits per heavy atom. The minimum atomic E-state index is -0.889. The number of carbonyl (C=O) groups excluding carboxylic acids is 2. The predicted octanol–water partition coefficient (Wildman–Crippen LogP) is 3.10. The highest BCUT2D eigenvalue weighted by Gasteiger charge is 2.28. The molecule has 4 rings (SSSR count). The van der Waals surface area contributed by atoms with Crippen LogP contribution in [0.25, 0.3) is 11.3 Å². The van der Waals surface area contributed by atoms with Gasteiger partial charge in [0.25, 0.3) is 11.8 Å². The molecule has 1 aliphatic heterocycles. The number of rotatable bonds is 6.